The minimum atomic E-state index is -0.280. The van der Waals surface area contributed by atoms with Crippen LogP contribution >= 0.6 is 11.3 Å². The first-order valence-corrected chi connectivity index (χ1v) is 12.6. The zero-order chi connectivity index (χ0) is 23.8. The first-order valence-electron chi connectivity index (χ1n) is 11.7. The number of carbonyl (C=O) groups is 2. The van der Waals surface area contributed by atoms with Crippen LogP contribution < -0.4 is 5.32 Å². The smallest absolute Gasteiger partial charge is 0.277 e. The van der Waals surface area contributed by atoms with E-state index in [9.17, 15) is 9.59 Å². The second-order valence-electron chi connectivity index (χ2n) is 8.82. The molecule has 1 aliphatic heterocycles. The topological polar surface area (TPSA) is 107 Å². The van der Waals surface area contributed by atoms with Crippen LogP contribution in [0.4, 0.5) is 5.95 Å². The Balaban J connectivity index is 1.06. The number of nitrogens with one attached hydrogen (secondary N) is 3. The third-order valence-corrected chi connectivity index (χ3v) is 7.60. The molecule has 0 aliphatic carbocycles. The predicted molar refractivity (Wildman–Crippen MR) is 137 cm³/mol. The van der Waals surface area contributed by atoms with Crippen molar-refractivity contribution in [2.45, 2.75) is 25.2 Å². The van der Waals surface area contributed by atoms with Crippen molar-refractivity contribution in [1.82, 2.24) is 24.8 Å². The highest BCUT2D eigenvalue weighted by Gasteiger charge is 2.27. The number of aromatic amines is 2. The summed E-state index contributed by atoms with van der Waals surface area (Å²) in [5.41, 5.74) is 4.15. The van der Waals surface area contributed by atoms with E-state index in [2.05, 4.69) is 25.3 Å². The average molecular weight is 485 g/mol. The molecule has 2 aromatic carbocycles. The van der Waals surface area contributed by atoms with Gasteiger partial charge in [0.05, 0.1) is 22.5 Å². The molecule has 2 amide bonds. The van der Waals surface area contributed by atoms with Gasteiger partial charge in [-0.15, -0.1) is 11.3 Å². The summed E-state index contributed by atoms with van der Waals surface area (Å²) in [6, 6.07) is 15.7. The van der Waals surface area contributed by atoms with Crippen LogP contribution in [-0.4, -0.2) is 49.7 Å². The lowest BCUT2D eigenvalue weighted by atomic mass is 9.97. The summed E-state index contributed by atoms with van der Waals surface area (Å²) in [4.78, 5) is 42.9. The summed E-state index contributed by atoms with van der Waals surface area (Å²) in [7, 11) is 0. The molecule has 6 rings (SSSR count). The van der Waals surface area contributed by atoms with Crippen LogP contribution in [0, 0.1) is 0 Å². The largest absolute Gasteiger partial charge is 0.361 e. The number of fused-ring (bicyclic) bond motifs is 2. The third-order valence-electron chi connectivity index (χ3n) is 6.59. The highest BCUT2D eigenvalue weighted by molar-refractivity contribution is 7.10. The molecule has 0 bridgehead atoms. The second-order valence-corrected chi connectivity index (χ2v) is 9.71. The highest BCUT2D eigenvalue weighted by Crippen LogP contribution is 2.31. The molecule has 0 radical (unpaired) electrons. The fraction of sp³-hybridized carbons (Fsp3) is 0.231. The van der Waals surface area contributed by atoms with Crippen LogP contribution in [0.25, 0.3) is 21.9 Å². The van der Waals surface area contributed by atoms with Crippen molar-refractivity contribution in [1.29, 1.82) is 0 Å². The van der Waals surface area contributed by atoms with Crippen molar-refractivity contribution >= 4 is 51.0 Å². The molecule has 1 fully saturated rings. The lowest BCUT2D eigenvalue weighted by Crippen LogP contribution is -2.38. The number of hydrogen-bond acceptors (Lipinski definition) is 5. The molecule has 0 unspecified atom stereocenters. The number of nitrogens with zero attached hydrogens (tertiary/aromatic N) is 3. The average Bonchev–Trinajstić information content (AvgIpc) is 3.62. The van der Waals surface area contributed by atoms with Gasteiger partial charge in [-0.3, -0.25) is 14.9 Å². The Labute approximate surface area is 205 Å². The molecule has 1 saturated heterocycles. The summed E-state index contributed by atoms with van der Waals surface area (Å²) in [5, 5.41) is 6.65. The lowest BCUT2D eigenvalue weighted by molar-refractivity contribution is -0.131. The van der Waals surface area contributed by atoms with Crippen LogP contribution in [0.15, 0.2) is 60.1 Å². The number of benzene rings is 2. The van der Waals surface area contributed by atoms with Crippen LogP contribution in [0.1, 0.15) is 39.8 Å². The van der Waals surface area contributed by atoms with Gasteiger partial charge < -0.3 is 14.9 Å². The Hall–Kier alpha value is -3.98. The summed E-state index contributed by atoms with van der Waals surface area (Å²) in [6.45, 7) is 1.40. The molecule has 4 heterocycles. The molecule has 35 heavy (non-hydrogen) atoms. The van der Waals surface area contributed by atoms with Crippen molar-refractivity contribution < 1.29 is 9.59 Å². The Morgan fingerprint density at radius 1 is 1.03 bits per heavy atom. The fourth-order valence-electron chi connectivity index (χ4n) is 4.69. The van der Waals surface area contributed by atoms with Crippen LogP contribution in [0.5, 0.6) is 0 Å². The number of likely N-dealkylation sites (tertiary alicyclic amines) is 1. The Kier molecular flexibility index (Phi) is 5.54. The summed E-state index contributed by atoms with van der Waals surface area (Å²) >= 11 is 1.50. The molecule has 3 aromatic heterocycles. The molecule has 0 spiro atoms. The number of carbonyl (C=O) groups excluding carboxylic acids is 2. The maximum atomic E-state index is 12.9. The van der Waals surface area contributed by atoms with Gasteiger partial charge in [0.2, 0.25) is 11.9 Å². The van der Waals surface area contributed by atoms with Gasteiger partial charge in [0.15, 0.2) is 0 Å². The fourth-order valence-corrected chi connectivity index (χ4v) is 5.66. The first kappa shape index (κ1) is 21.5. The van der Waals surface area contributed by atoms with Crippen molar-refractivity contribution in [3.8, 4) is 0 Å². The number of hydrogen-bond donors (Lipinski definition) is 3. The predicted octanol–water partition coefficient (Wildman–Crippen LogP) is 4.70. The van der Waals surface area contributed by atoms with E-state index in [0.717, 1.165) is 45.3 Å². The Morgan fingerprint density at radius 2 is 1.80 bits per heavy atom. The summed E-state index contributed by atoms with van der Waals surface area (Å²) in [5.74, 6) is 0.536. The Bertz CT molecular complexity index is 1490. The number of amides is 2. The molecule has 8 nitrogen and oxygen atoms in total. The quantitative estimate of drug-likeness (QED) is 0.336. The van der Waals surface area contributed by atoms with Gasteiger partial charge in [-0.25, -0.2) is 9.97 Å². The van der Waals surface area contributed by atoms with Gasteiger partial charge >= 0.3 is 0 Å². The van der Waals surface area contributed by atoms with Crippen molar-refractivity contribution in [2.24, 2.45) is 0 Å². The van der Waals surface area contributed by atoms with Crippen LogP contribution in [-0.2, 0) is 11.2 Å². The van der Waals surface area contributed by atoms with Gasteiger partial charge in [0, 0.05) is 41.5 Å². The number of piperidine rings is 1. The maximum absolute atomic E-state index is 12.9. The minimum Gasteiger partial charge on any atom is -0.361 e. The van der Waals surface area contributed by atoms with Crippen LogP contribution in [0.3, 0.4) is 0 Å². The number of aromatic nitrogens is 4. The van der Waals surface area contributed by atoms with Gasteiger partial charge in [0.25, 0.3) is 5.91 Å². The highest BCUT2D eigenvalue weighted by atomic mass is 32.1. The maximum Gasteiger partial charge on any atom is 0.277 e. The SMILES string of the molecule is O=C(Nc1nc2ccccc2[nH]1)c1csc(C2CCN(C(=O)Cc3c[nH]c4ccccc34)CC2)n1. The van der Waals surface area contributed by atoms with Gasteiger partial charge in [-0.05, 0) is 36.6 Å². The summed E-state index contributed by atoms with van der Waals surface area (Å²) in [6.07, 6.45) is 4.02. The van der Waals surface area contributed by atoms with E-state index in [1.54, 1.807) is 5.38 Å². The molecule has 3 N–H and O–H groups in total. The number of imidazole rings is 1. The molecular formula is C26H24N6O2S. The second kappa shape index (κ2) is 8.99. The summed E-state index contributed by atoms with van der Waals surface area (Å²) < 4.78 is 0. The van der Waals surface area contributed by atoms with Crippen molar-refractivity contribution in [2.75, 3.05) is 18.4 Å². The third kappa shape index (κ3) is 4.30. The normalized spacial score (nSPS) is 14.6. The van der Waals surface area contributed by atoms with E-state index in [0.29, 0.717) is 31.2 Å². The van der Waals surface area contributed by atoms with E-state index < -0.39 is 0 Å². The Morgan fingerprint density at radius 3 is 2.63 bits per heavy atom. The van der Waals surface area contributed by atoms with E-state index in [4.69, 9.17) is 0 Å². The van der Waals surface area contributed by atoms with Gasteiger partial charge in [-0.2, -0.15) is 0 Å². The zero-order valence-electron chi connectivity index (χ0n) is 19.0. The number of rotatable bonds is 5. The molecule has 5 aromatic rings. The molecule has 9 heteroatoms. The lowest BCUT2D eigenvalue weighted by Gasteiger charge is -2.31. The van der Waals surface area contributed by atoms with E-state index in [1.165, 1.54) is 11.3 Å². The van der Waals surface area contributed by atoms with E-state index in [-0.39, 0.29) is 17.7 Å². The molecule has 176 valence electrons. The number of H-pyrrole nitrogens is 2. The first-order chi connectivity index (χ1) is 17.1. The zero-order valence-corrected chi connectivity index (χ0v) is 19.8. The monoisotopic (exact) mass is 484 g/mol. The molecule has 1 aliphatic rings. The standard InChI is InChI=1S/C26H24N6O2S/c33-23(13-17-14-27-19-6-2-1-5-18(17)19)32-11-9-16(10-12-32)25-28-22(15-35-25)24(34)31-26-29-20-7-3-4-8-21(20)30-26/h1-8,14-16,27H,9-13H2,(H2,29,30,31,34). The van der Waals surface area contributed by atoms with E-state index >= 15 is 0 Å². The number of thiazole rings is 1. The molecule has 0 atom stereocenters. The van der Waals surface area contributed by atoms with Crippen LogP contribution in [0.2, 0.25) is 0 Å². The molecule has 0 saturated carbocycles. The van der Waals surface area contributed by atoms with E-state index in [1.807, 2.05) is 59.6 Å². The van der Waals surface area contributed by atoms with Gasteiger partial charge in [0.1, 0.15) is 5.69 Å². The van der Waals surface area contributed by atoms with Crippen molar-refractivity contribution in [3.63, 3.8) is 0 Å². The number of anilines is 1. The van der Waals surface area contributed by atoms with Crippen molar-refractivity contribution in [3.05, 3.63) is 76.4 Å². The van der Waals surface area contributed by atoms with Gasteiger partial charge in [-0.1, -0.05) is 30.3 Å². The number of para-hydroxylation sites is 3. The molecular weight excluding hydrogens is 460 g/mol. The minimum absolute atomic E-state index is 0.151.